The van der Waals surface area contributed by atoms with Gasteiger partial charge >= 0.3 is 0 Å². The lowest BCUT2D eigenvalue weighted by Crippen LogP contribution is -2.44. The van der Waals surface area contributed by atoms with Gasteiger partial charge in [0.15, 0.2) is 5.82 Å². The number of nitrogens with two attached hydrogens (primary N) is 1. The van der Waals surface area contributed by atoms with E-state index >= 15 is 0 Å². The number of hydrogen-bond donors (Lipinski definition) is 1. The number of rotatable bonds is 5. The predicted molar refractivity (Wildman–Crippen MR) is 96.2 cm³/mol. The van der Waals surface area contributed by atoms with Crippen molar-refractivity contribution in [1.82, 2.24) is 19.5 Å². The van der Waals surface area contributed by atoms with Crippen LogP contribution in [0.25, 0.3) is 5.65 Å². The van der Waals surface area contributed by atoms with Crippen molar-refractivity contribution in [2.24, 2.45) is 5.73 Å². The molecule has 0 amide bonds. The third-order valence-electron chi connectivity index (χ3n) is 4.28. The Labute approximate surface area is 150 Å². The SMILES string of the molecule is Cc1ccc2nc(CSCc3nc(C4(N)CCC4)no3)cn2c1.Cl. The van der Waals surface area contributed by atoms with Crippen LogP contribution in [0.3, 0.4) is 0 Å². The van der Waals surface area contributed by atoms with Gasteiger partial charge in [0, 0.05) is 18.1 Å². The maximum absolute atomic E-state index is 6.21. The van der Waals surface area contributed by atoms with Crippen molar-refractivity contribution in [3.05, 3.63) is 47.5 Å². The summed E-state index contributed by atoms with van der Waals surface area (Å²) >= 11 is 1.72. The Morgan fingerprint density at radius 2 is 2.08 bits per heavy atom. The van der Waals surface area contributed by atoms with Gasteiger partial charge < -0.3 is 14.7 Å². The molecule has 0 spiro atoms. The third-order valence-corrected chi connectivity index (χ3v) is 5.23. The summed E-state index contributed by atoms with van der Waals surface area (Å²) in [5, 5.41) is 4.04. The second-order valence-electron chi connectivity index (χ2n) is 6.22. The molecule has 4 rings (SSSR count). The van der Waals surface area contributed by atoms with Crippen molar-refractivity contribution >= 4 is 29.8 Å². The topological polar surface area (TPSA) is 82.2 Å². The van der Waals surface area contributed by atoms with Crippen LogP contribution in [0.5, 0.6) is 0 Å². The average Bonchev–Trinajstić information content (AvgIpc) is 3.11. The van der Waals surface area contributed by atoms with Crippen molar-refractivity contribution in [3.8, 4) is 0 Å². The zero-order valence-electron chi connectivity index (χ0n) is 13.4. The molecule has 0 bridgehead atoms. The normalized spacial score (nSPS) is 15.9. The molecule has 24 heavy (non-hydrogen) atoms. The molecule has 0 atom stereocenters. The first-order valence-corrected chi connectivity index (χ1v) is 8.92. The molecule has 1 saturated carbocycles. The van der Waals surface area contributed by atoms with Crippen LogP contribution in [0, 0.1) is 6.92 Å². The summed E-state index contributed by atoms with van der Waals surface area (Å²) in [5.74, 6) is 2.78. The number of pyridine rings is 1. The maximum Gasteiger partial charge on any atom is 0.236 e. The second kappa shape index (κ2) is 6.74. The van der Waals surface area contributed by atoms with Gasteiger partial charge in [-0.25, -0.2) is 4.98 Å². The van der Waals surface area contributed by atoms with Crippen molar-refractivity contribution in [2.45, 2.75) is 43.2 Å². The first-order valence-electron chi connectivity index (χ1n) is 7.76. The van der Waals surface area contributed by atoms with Gasteiger partial charge in [-0.2, -0.15) is 4.98 Å². The molecule has 0 radical (unpaired) electrons. The highest BCUT2D eigenvalue weighted by molar-refractivity contribution is 7.97. The molecule has 128 valence electrons. The summed E-state index contributed by atoms with van der Waals surface area (Å²) in [4.78, 5) is 9.05. The third kappa shape index (κ3) is 3.29. The molecular weight excluding hydrogens is 346 g/mol. The Hall–Kier alpha value is -1.57. The fraction of sp³-hybridized carbons (Fsp3) is 0.438. The summed E-state index contributed by atoms with van der Waals surface area (Å²) in [6.45, 7) is 2.08. The molecule has 3 heterocycles. The number of thioether (sulfide) groups is 1. The van der Waals surface area contributed by atoms with Gasteiger partial charge in [0.2, 0.25) is 5.89 Å². The highest BCUT2D eigenvalue weighted by Gasteiger charge is 2.38. The summed E-state index contributed by atoms with van der Waals surface area (Å²) in [6, 6.07) is 4.11. The van der Waals surface area contributed by atoms with Gasteiger partial charge in [-0.05, 0) is 37.8 Å². The van der Waals surface area contributed by atoms with E-state index in [1.165, 1.54) is 5.56 Å². The molecule has 3 aromatic heterocycles. The number of imidazole rings is 1. The van der Waals surface area contributed by atoms with E-state index in [2.05, 4.69) is 44.9 Å². The van der Waals surface area contributed by atoms with E-state index in [1.54, 1.807) is 11.8 Å². The maximum atomic E-state index is 6.21. The zero-order valence-corrected chi connectivity index (χ0v) is 15.1. The van der Waals surface area contributed by atoms with Gasteiger partial charge in [-0.15, -0.1) is 24.2 Å². The van der Waals surface area contributed by atoms with Crippen LogP contribution >= 0.6 is 24.2 Å². The van der Waals surface area contributed by atoms with Crippen LogP contribution in [0.2, 0.25) is 0 Å². The van der Waals surface area contributed by atoms with Crippen LogP contribution in [0.15, 0.2) is 29.0 Å². The standard InChI is InChI=1S/C16H19N5OS.ClH/c1-11-3-4-13-18-12(8-21(13)7-11)9-23-10-14-19-15(20-22-14)16(17)5-2-6-16;/h3-4,7-8H,2,5-6,9-10,17H2,1H3;1H. The van der Waals surface area contributed by atoms with E-state index in [9.17, 15) is 0 Å². The molecule has 6 nitrogen and oxygen atoms in total. The van der Waals surface area contributed by atoms with Crippen LogP contribution in [0.4, 0.5) is 0 Å². The molecule has 0 aromatic carbocycles. The summed E-state index contributed by atoms with van der Waals surface area (Å²) in [5.41, 5.74) is 9.10. The van der Waals surface area contributed by atoms with Gasteiger partial charge in [0.05, 0.1) is 17.0 Å². The Morgan fingerprint density at radius 1 is 1.25 bits per heavy atom. The van der Waals surface area contributed by atoms with E-state index in [1.807, 2.05) is 6.07 Å². The minimum absolute atomic E-state index is 0. The second-order valence-corrected chi connectivity index (χ2v) is 7.20. The number of nitrogens with zero attached hydrogens (tertiary/aromatic N) is 4. The van der Waals surface area contributed by atoms with Crippen molar-refractivity contribution in [1.29, 1.82) is 0 Å². The molecular formula is C16H20ClN5OS. The van der Waals surface area contributed by atoms with Gasteiger partial charge in [-0.1, -0.05) is 11.2 Å². The smallest absolute Gasteiger partial charge is 0.236 e. The molecule has 0 saturated heterocycles. The largest absolute Gasteiger partial charge is 0.338 e. The van der Waals surface area contributed by atoms with Crippen LogP contribution < -0.4 is 5.73 Å². The number of aryl methyl sites for hydroxylation is 1. The highest BCUT2D eigenvalue weighted by atomic mass is 35.5. The first-order chi connectivity index (χ1) is 11.1. The number of fused-ring (bicyclic) bond motifs is 1. The van der Waals surface area contributed by atoms with E-state index < -0.39 is 0 Å². The van der Waals surface area contributed by atoms with Crippen molar-refractivity contribution in [3.63, 3.8) is 0 Å². The lowest BCUT2D eigenvalue weighted by atomic mass is 9.77. The monoisotopic (exact) mass is 365 g/mol. The number of halogens is 1. The van der Waals surface area contributed by atoms with E-state index in [4.69, 9.17) is 10.3 Å². The number of hydrogen-bond acceptors (Lipinski definition) is 6. The summed E-state index contributed by atoms with van der Waals surface area (Å²) in [6.07, 6.45) is 7.18. The summed E-state index contributed by atoms with van der Waals surface area (Å²) < 4.78 is 7.37. The van der Waals surface area contributed by atoms with E-state index in [0.29, 0.717) is 17.5 Å². The molecule has 1 aliphatic carbocycles. The average molecular weight is 366 g/mol. The molecule has 2 N–H and O–H groups in total. The van der Waals surface area contributed by atoms with Crippen LogP contribution in [-0.4, -0.2) is 19.5 Å². The summed E-state index contributed by atoms with van der Waals surface area (Å²) in [7, 11) is 0. The lowest BCUT2D eigenvalue weighted by Gasteiger charge is -2.34. The highest BCUT2D eigenvalue weighted by Crippen LogP contribution is 2.37. The van der Waals surface area contributed by atoms with Gasteiger partial charge in [0.1, 0.15) is 5.65 Å². The minimum atomic E-state index is -0.355. The molecule has 0 aliphatic heterocycles. The molecule has 1 fully saturated rings. The zero-order chi connectivity index (χ0) is 15.9. The first kappa shape index (κ1) is 17.3. The van der Waals surface area contributed by atoms with Crippen molar-refractivity contribution in [2.75, 3.05) is 0 Å². The minimum Gasteiger partial charge on any atom is -0.338 e. The van der Waals surface area contributed by atoms with E-state index in [-0.39, 0.29) is 17.9 Å². The molecule has 1 aliphatic rings. The van der Waals surface area contributed by atoms with E-state index in [0.717, 1.165) is 36.4 Å². The number of aromatic nitrogens is 4. The predicted octanol–water partition coefficient (Wildman–Crippen LogP) is 3.22. The lowest BCUT2D eigenvalue weighted by molar-refractivity contribution is 0.229. The fourth-order valence-electron chi connectivity index (χ4n) is 2.77. The Bertz CT molecular complexity index is 842. The Kier molecular flexibility index (Phi) is 4.85. The van der Waals surface area contributed by atoms with Gasteiger partial charge in [-0.3, -0.25) is 0 Å². The Balaban J connectivity index is 0.00000169. The molecule has 3 aromatic rings. The van der Waals surface area contributed by atoms with Crippen molar-refractivity contribution < 1.29 is 4.52 Å². The quantitative estimate of drug-likeness (QED) is 0.747. The van der Waals surface area contributed by atoms with Gasteiger partial charge in [0.25, 0.3) is 0 Å². The van der Waals surface area contributed by atoms with Crippen LogP contribution in [-0.2, 0) is 17.0 Å². The van der Waals surface area contributed by atoms with Crippen LogP contribution in [0.1, 0.15) is 42.2 Å². The molecule has 8 heteroatoms. The Morgan fingerprint density at radius 3 is 2.83 bits per heavy atom. The molecule has 0 unspecified atom stereocenters. The fourth-order valence-corrected chi connectivity index (χ4v) is 3.51.